The maximum atomic E-state index is 13.0. The number of ether oxygens (including phenoxy) is 1. The molecule has 0 radical (unpaired) electrons. The summed E-state index contributed by atoms with van der Waals surface area (Å²) in [6, 6.07) is 7.72. The van der Waals surface area contributed by atoms with Crippen molar-refractivity contribution in [2.45, 2.75) is 38.0 Å². The van der Waals surface area contributed by atoms with Gasteiger partial charge in [0.15, 0.2) is 0 Å². The highest BCUT2D eigenvalue weighted by Gasteiger charge is 2.26. The smallest absolute Gasteiger partial charge is 0.305 e. The minimum atomic E-state index is -0.472. The van der Waals surface area contributed by atoms with E-state index in [0.717, 1.165) is 25.7 Å². The first-order valence-electron chi connectivity index (χ1n) is 10.2. The van der Waals surface area contributed by atoms with E-state index in [4.69, 9.17) is 27.9 Å². The van der Waals surface area contributed by atoms with Crippen LogP contribution < -0.4 is 4.90 Å². The van der Waals surface area contributed by atoms with Crippen molar-refractivity contribution in [3.63, 3.8) is 0 Å². The predicted molar refractivity (Wildman–Crippen MR) is 119 cm³/mol. The molecule has 1 heterocycles. The normalized spacial score (nSPS) is 18.5. The average Bonchev–Trinajstić information content (AvgIpc) is 2.78. The van der Waals surface area contributed by atoms with Crippen molar-refractivity contribution in [2.24, 2.45) is 5.92 Å². The van der Waals surface area contributed by atoms with Gasteiger partial charge in [0.1, 0.15) is 22.2 Å². The number of methoxy groups -OCH3 is 1. The summed E-state index contributed by atoms with van der Waals surface area (Å²) in [5.74, 6) is 0.172. The Bertz CT molecular complexity index is 895. The molecular weight excluding hydrogens is 441 g/mol. The zero-order valence-electron chi connectivity index (χ0n) is 17.3. The van der Waals surface area contributed by atoms with Crippen LogP contribution in [0.15, 0.2) is 30.6 Å². The third-order valence-electron chi connectivity index (χ3n) is 5.74. The van der Waals surface area contributed by atoms with Crippen molar-refractivity contribution in [2.75, 3.05) is 25.2 Å². The first-order chi connectivity index (χ1) is 14.9. The third kappa shape index (κ3) is 5.73. The number of esters is 1. The van der Waals surface area contributed by atoms with Gasteiger partial charge in [0, 0.05) is 18.7 Å². The maximum Gasteiger partial charge on any atom is 0.305 e. The predicted octanol–water partition coefficient (Wildman–Crippen LogP) is 4.26. The van der Waals surface area contributed by atoms with E-state index in [1.54, 1.807) is 0 Å². The van der Waals surface area contributed by atoms with Gasteiger partial charge in [-0.05, 0) is 55.2 Å². The van der Waals surface area contributed by atoms with E-state index in [9.17, 15) is 14.7 Å². The summed E-state index contributed by atoms with van der Waals surface area (Å²) in [6.45, 7) is -0.140. The minimum Gasteiger partial charge on any atom is -0.469 e. The van der Waals surface area contributed by atoms with Gasteiger partial charge >= 0.3 is 5.97 Å². The number of anilines is 1. The second-order valence-electron chi connectivity index (χ2n) is 7.60. The summed E-state index contributed by atoms with van der Waals surface area (Å²) in [5.41, 5.74) is 1.82. The Hall–Kier alpha value is -2.22. The topological polar surface area (TPSA) is 92.6 Å². The zero-order valence-corrected chi connectivity index (χ0v) is 18.8. The molecule has 0 bridgehead atoms. The molecule has 3 rings (SSSR count). The Morgan fingerprint density at radius 1 is 1.10 bits per heavy atom. The van der Waals surface area contributed by atoms with Gasteiger partial charge in [-0.3, -0.25) is 9.59 Å². The van der Waals surface area contributed by atoms with E-state index >= 15 is 0 Å². The molecule has 9 heteroatoms. The lowest BCUT2D eigenvalue weighted by Gasteiger charge is -2.29. The number of nitrogens with zero attached hydrogens (tertiary/aromatic N) is 3. The molecule has 7 nitrogen and oxygen atoms in total. The summed E-state index contributed by atoms with van der Waals surface area (Å²) in [6.07, 6.45) is 5.66. The number of hydrogen-bond donors (Lipinski definition) is 1. The highest BCUT2D eigenvalue weighted by molar-refractivity contribution is 6.39. The number of aliphatic hydroxyl groups excluding tert-OH is 1. The van der Waals surface area contributed by atoms with Crippen LogP contribution in [0.1, 0.15) is 53.9 Å². The summed E-state index contributed by atoms with van der Waals surface area (Å²) in [7, 11) is 1.42. The summed E-state index contributed by atoms with van der Waals surface area (Å²) in [5, 5.41) is 9.40. The molecule has 1 aliphatic carbocycles. The van der Waals surface area contributed by atoms with Crippen molar-refractivity contribution in [3.8, 4) is 0 Å². The van der Waals surface area contributed by atoms with Crippen molar-refractivity contribution in [1.82, 2.24) is 9.97 Å². The number of halogens is 2. The van der Waals surface area contributed by atoms with Gasteiger partial charge in [0.2, 0.25) is 0 Å². The molecule has 1 N–H and O–H groups in total. The number of rotatable bonds is 7. The molecule has 1 saturated carbocycles. The Morgan fingerprint density at radius 3 is 2.26 bits per heavy atom. The second kappa shape index (κ2) is 10.9. The van der Waals surface area contributed by atoms with Crippen molar-refractivity contribution in [3.05, 3.63) is 52.0 Å². The Labute approximate surface area is 191 Å². The SMILES string of the molecule is COC(=O)CC1CCC(c2ccc(N(CCO)C(=O)c3c(Cl)ncnc3Cl)cc2)CC1. The van der Waals surface area contributed by atoms with Crippen LogP contribution in [-0.4, -0.2) is 47.2 Å². The van der Waals surface area contributed by atoms with Crippen molar-refractivity contribution < 1.29 is 19.4 Å². The van der Waals surface area contributed by atoms with E-state index in [2.05, 4.69) is 9.97 Å². The minimum absolute atomic E-state index is 0.00675. The molecule has 0 aliphatic heterocycles. The number of hydrogen-bond acceptors (Lipinski definition) is 6. The van der Waals surface area contributed by atoms with Crippen LogP contribution in [-0.2, 0) is 9.53 Å². The summed E-state index contributed by atoms with van der Waals surface area (Å²) < 4.78 is 4.77. The molecule has 0 unspecified atom stereocenters. The van der Waals surface area contributed by atoms with Gasteiger partial charge in [0.05, 0.1) is 13.7 Å². The molecule has 1 amide bonds. The lowest BCUT2D eigenvalue weighted by molar-refractivity contribution is -0.142. The molecule has 0 atom stereocenters. The number of carbonyl (C=O) groups is 2. The third-order valence-corrected chi connectivity index (χ3v) is 6.32. The van der Waals surface area contributed by atoms with Crippen LogP contribution >= 0.6 is 23.2 Å². The highest BCUT2D eigenvalue weighted by atomic mass is 35.5. The van der Waals surface area contributed by atoms with E-state index in [1.807, 2.05) is 24.3 Å². The zero-order chi connectivity index (χ0) is 22.4. The van der Waals surface area contributed by atoms with Crippen LogP contribution in [0.2, 0.25) is 10.3 Å². The van der Waals surface area contributed by atoms with Gasteiger partial charge in [0.25, 0.3) is 5.91 Å². The van der Waals surface area contributed by atoms with Gasteiger partial charge < -0.3 is 14.7 Å². The van der Waals surface area contributed by atoms with Crippen molar-refractivity contribution >= 4 is 40.8 Å². The Kier molecular flexibility index (Phi) is 8.23. The van der Waals surface area contributed by atoms with Crippen molar-refractivity contribution in [1.29, 1.82) is 0 Å². The second-order valence-corrected chi connectivity index (χ2v) is 8.32. The van der Waals surface area contributed by atoms with Crippen LogP contribution in [0.4, 0.5) is 5.69 Å². The van der Waals surface area contributed by atoms with Gasteiger partial charge in [-0.1, -0.05) is 35.3 Å². The lowest BCUT2D eigenvalue weighted by atomic mass is 9.77. The molecule has 2 aromatic rings. The fourth-order valence-corrected chi connectivity index (χ4v) is 4.53. The molecule has 1 aromatic heterocycles. The fraction of sp³-hybridized carbons (Fsp3) is 0.455. The standard InChI is InChI=1S/C22H25Cl2N3O4/c1-31-18(29)12-14-2-4-15(5-3-14)16-6-8-17(9-7-16)27(10-11-28)22(30)19-20(23)25-13-26-21(19)24/h6-9,13-15,28H,2-5,10-12H2,1H3. The van der Waals surface area contributed by atoms with Crippen LogP contribution in [0.25, 0.3) is 0 Å². The molecule has 0 saturated heterocycles. The lowest BCUT2D eigenvalue weighted by Crippen LogP contribution is -2.34. The monoisotopic (exact) mass is 465 g/mol. The van der Waals surface area contributed by atoms with E-state index in [1.165, 1.54) is 23.9 Å². The van der Waals surface area contributed by atoms with Crippen LogP contribution in [0, 0.1) is 5.92 Å². The number of benzene rings is 1. The first kappa shape index (κ1) is 23.4. The number of aromatic nitrogens is 2. The number of aliphatic hydroxyl groups is 1. The maximum absolute atomic E-state index is 13.0. The molecule has 1 aliphatic rings. The summed E-state index contributed by atoms with van der Waals surface area (Å²) >= 11 is 12.1. The van der Waals surface area contributed by atoms with Gasteiger partial charge in [-0.15, -0.1) is 0 Å². The fourth-order valence-electron chi connectivity index (χ4n) is 4.05. The molecule has 1 aromatic carbocycles. The first-order valence-corrected chi connectivity index (χ1v) is 11.0. The molecule has 1 fully saturated rings. The molecule has 0 spiro atoms. The largest absolute Gasteiger partial charge is 0.469 e. The van der Waals surface area contributed by atoms with Crippen LogP contribution in [0.5, 0.6) is 0 Å². The molecule has 31 heavy (non-hydrogen) atoms. The summed E-state index contributed by atoms with van der Waals surface area (Å²) in [4.78, 5) is 33.6. The Morgan fingerprint density at radius 2 is 1.71 bits per heavy atom. The average molecular weight is 466 g/mol. The van der Waals surface area contributed by atoms with Gasteiger partial charge in [-0.2, -0.15) is 0 Å². The van der Waals surface area contributed by atoms with Crippen LogP contribution in [0.3, 0.4) is 0 Å². The quantitative estimate of drug-likeness (QED) is 0.484. The van der Waals surface area contributed by atoms with E-state index < -0.39 is 5.91 Å². The molecule has 166 valence electrons. The molecular formula is C22H25Cl2N3O4. The Balaban J connectivity index is 1.71. The van der Waals surface area contributed by atoms with E-state index in [0.29, 0.717) is 23.9 Å². The number of carbonyl (C=O) groups excluding carboxylic acids is 2. The highest BCUT2D eigenvalue weighted by Crippen LogP contribution is 2.37. The van der Waals surface area contributed by atoms with Gasteiger partial charge in [-0.25, -0.2) is 9.97 Å². The number of amides is 1. The van der Waals surface area contributed by atoms with E-state index in [-0.39, 0.29) is 35.0 Å².